The number of hydrogen-bond donors (Lipinski definition) is 1. The maximum atomic E-state index is 12.5. The number of amides is 1. The summed E-state index contributed by atoms with van der Waals surface area (Å²) in [5, 5.41) is 1.42. The Hall–Kier alpha value is -1.63. The lowest BCUT2D eigenvalue weighted by Gasteiger charge is -2.23. The highest BCUT2D eigenvalue weighted by Gasteiger charge is 2.21. The largest absolute Gasteiger partial charge is 0.486 e. The number of benzene rings is 1. The smallest absolute Gasteiger partial charge is 0.265 e. The van der Waals surface area contributed by atoms with Gasteiger partial charge in [-0.25, -0.2) is 4.98 Å². The average Bonchev–Trinajstić information content (AvgIpc) is 2.93. The molecule has 0 aliphatic heterocycles. The minimum Gasteiger partial charge on any atom is -0.486 e. The van der Waals surface area contributed by atoms with Gasteiger partial charge in [-0.1, -0.05) is 11.6 Å². The monoisotopic (exact) mass is 353 g/mol. The summed E-state index contributed by atoms with van der Waals surface area (Å²) in [5.74, 6) is 0.652. The summed E-state index contributed by atoms with van der Waals surface area (Å²) >= 11 is 7.19. The Bertz CT molecular complexity index is 672. The van der Waals surface area contributed by atoms with Crippen LogP contribution in [0.3, 0.4) is 0 Å². The van der Waals surface area contributed by atoms with Gasteiger partial charge in [0.15, 0.2) is 0 Å². The fourth-order valence-electron chi connectivity index (χ4n) is 1.91. The summed E-state index contributed by atoms with van der Waals surface area (Å²) < 4.78 is 5.67. The van der Waals surface area contributed by atoms with Crippen molar-refractivity contribution in [3.63, 3.8) is 0 Å². The molecule has 2 aromatic rings. The van der Waals surface area contributed by atoms with Gasteiger partial charge >= 0.3 is 0 Å². The second kappa shape index (κ2) is 7.77. The Kier molecular flexibility index (Phi) is 5.98. The zero-order chi connectivity index (χ0) is 17.0. The number of likely N-dealkylation sites (N-methyl/N-ethyl adjacent to an activating group) is 1. The number of halogens is 1. The van der Waals surface area contributed by atoms with Crippen LogP contribution in [0.2, 0.25) is 5.02 Å². The van der Waals surface area contributed by atoms with Crippen LogP contribution in [-0.2, 0) is 6.61 Å². The minimum atomic E-state index is -0.0595. The number of nitrogens with two attached hydrogens (primary N) is 1. The van der Waals surface area contributed by atoms with Crippen LogP contribution in [0.1, 0.15) is 27.3 Å². The molecule has 5 nitrogen and oxygen atoms in total. The van der Waals surface area contributed by atoms with Crippen LogP contribution >= 0.6 is 22.9 Å². The molecule has 0 bridgehead atoms. The molecule has 0 saturated heterocycles. The van der Waals surface area contributed by atoms with Crippen molar-refractivity contribution in [2.45, 2.75) is 26.5 Å². The maximum Gasteiger partial charge on any atom is 0.265 e. The molecule has 1 aromatic heterocycles. The van der Waals surface area contributed by atoms with Crippen molar-refractivity contribution in [2.75, 3.05) is 13.6 Å². The second-order valence-corrected chi connectivity index (χ2v) is 6.79. The number of ether oxygens (including phenoxy) is 1. The van der Waals surface area contributed by atoms with Crippen molar-refractivity contribution in [1.82, 2.24) is 9.88 Å². The average molecular weight is 354 g/mol. The molecule has 7 heteroatoms. The first-order valence-corrected chi connectivity index (χ1v) is 8.43. The van der Waals surface area contributed by atoms with Crippen LogP contribution in [-0.4, -0.2) is 35.4 Å². The summed E-state index contributed by atoms with van der Waals surface area (Å²) in [6, 6.07) is 7.11. The molecule has 1 amide bonds. The molecular formula is C16H20ClN3O2S. The highest BCUT2D eigenvalue weighted by atomic mass is 35.5. The van der Waals surface area contributed by atoms with Gasteiger partial charge in [0.1, 0.15) is 22.2 Å². The number of carbonyl (C=O) groups is 1. The van der Waals surface area contributed by atoms with Crippen molar-refractivity contribution in [1.29, 1.82) is 0 Å². The molecule has 1 heterocycles. The van der Waals surface area contributed by atoms with Crippen LogP contribution in [0.4, 0.5) is 0 Å². The number of aromatic nitrogens is 1. The van der Waals surface area contributed by atoms with Gasteiger partial charge in [0.2, 0.25) is 0 Å². The third-order valence-electron chi connectivity index (χ3n) is 3.53. The minimum absolute atomic E-state index is 0.0160. The number of aryl methyl sites for hydroxylation is 1. The Labute approximate surface area is 145 Å². The molecule has 0 saturated carbocycles. The molecule has 0 aliphatic rings. The molecule has 1 atom stereocenters. The van der Waals surface area contributed by atoms with Gasteiger partial charge in [-0.15, -0.1) is 11.3 Å². The lowest BCUT2D eigenvalue weighted by atomic mass is 10.2. The molecule has 0 radical (unpaired) electrons. The van der Waals surface area contributed by atoms with E-state index >= 15 is 0 Å². The zero-order valence-electron chi connectivity index (χ0n) is 13.4. The predicted octanol–water partition coefficient (Wildman–Crippen LogP) is 3.10. The lowest BCUT2D eigenvalue weighted by molar-refractivity contribution is 0.0752. The van der Waals surface area contributed by atoms with Crippen LogP contribution < -0.4 is 10.5 Å². The van der Waals surface area contributed by atoms with E-state index < -0.39 is 0 Å². The van der Waals surface area contributed by atoms with Crippen LogP contribution in [0.5, 0.6) is 5.75 Å². The van der Waals surface area contributed by atoms with Crippen molar-refractivity contribution < 1.29 is 9.53 Å². The van der Waals surface area contributed by atoms with E-state index in [0.29, 0.717) is 34.5 Å². The first kappa shape index (κ1) is 17.7. The summed E-state index contributed by atoms with van der Waals surface area (Å²) in [4.78, 5) is 19.2. The van der Waals surface area contributed by atoms with E-state index in [9.17, 15) is 4.79 Å². The number of nitrogens with zero attached hydrogens (tertiary/aromatic N) is 2. The molecule has 124 valence electrons. The molecular weight excluding hydrogens is 334 g/mol. The first-order chi connectivity index (χ1) is 10.9. The molecule has 2 rings (SSSR count). The SMILES string of the molecule is Cc1nc(COc2ccc(Cl)cc2)sc1C(=O)N(C)C(C)CN. The van der Waals surface area contributed by atoms with E-state index in [1.165, 1.54) is 11.3 Å². The summed E-state index contributed by atoms with van der Waals surface area (Å²) in [6.45, 7) is 4.48. The van der Waals surface area contributed by atoms with E-state index in [4.69, 9.17) is 22.1 Å². The van der Waals surface area contributed by atoms with E-state index in [0.717, 1.165) is 5.01 Å². The van der Waals surface area contributed by atoms with Gasteiger partial charge in [0.25, 0.3) is 5.91 Å². The Balaban J connectivity index is 2.05. The van der Waals surface area contributed by atoms with Gasteiger partial charge < -0.3 is 15.4 Å². The topological polar surface area (TPSA) is 68.5 Å². The molecule has 0 fully saturated rings. The summed E-state index contributed by atoms with van der Waals surface area (Å²) in [7, 11) is 1.75. The highest BCUT2D eigenvalue weighted by molar-refractivity contribution is 7.13. The van der Waals surface area contributed by atoms with Crippen molar-refractivity contribution in [2.24, 2.45) is 5.73 Å². The second-order valence-electron chi connectivity index (χ2n) is 5.27. The van der Waals surface area contributed by atoms with Crippen LogP contribution in [0.25, 0.3) is 0 Å². The Morgan fingerprint density at radius 1 is 1.43 bits per heavy atom. The van der Waals surface area contributed by atoms with Crippen molar-refractivity contribution >= 4 is 28.8 Å². The molecule has 1 unspecified atom stereocenters. The van der Waals surface area contributed by atoms with Crippen LogP contribution in [0, 0.1) is 6.92 Å². The summed E-state index contributed by atoms with van der Waals surface area (Å²) in [5.41, 5.74) is 6.33. The van der Waals surface area contributed by atoms with Crippen molar-refractivity contribution in [3.05, 3.63) is 44.9 Å². The van der Waals surface area contributed by atoms with Crippen molar-refractivity contribution in [3.8, 4) is 5.75 Å². The number of thiazole rings is 1. The van der Waals surface area contributed by atoms with Gasteiger partial charge in [-0.05, 0) is 38.1 Å². The zero-order valence-corrected chi connectivity index (χ0v) is 14.9. The van der Waals surface area contributed by atoms with Gasteiger partial charge in [0.05, 0.1) is 5.69 Å². The molecule has 1 aromatic carbocycles. The fourth-order valence-corrected chi connectivity index (χ4v) is 2.99. The number of carbonyl (C=O) groups excluding carboxylic acids is 1. The Morgan fingerprint density at radius 3 is 2.70 bits per heavy atom. The van der Waals surface area contributed by atoms with Gasteiger partial charge in [0, 0.05) is 24.7 Å². The van der Waals surface area contributed by atoms with E-state index in [1.807, 2.05) is 13.8 Å². The predicted molar refractivity (Wildman–Crippen MR) is 93.2 cm³/mol. The summed E-state index contributed by atoms with van der Waals surface area (Å²) in [6.07, 6.45) is 0. The van der Waals surface area contributed by atoms with E-state index in [2.05, 4.69) is 4.98 Å². The number of rotatable bonds is 6. The third-order valence-corrected chi connectivity index (χ3v) is 4.90. The standard InChI is InChI=1S/C16H20ClN3O2S/c1-10(8-18)20(3)16(21)15-11(2)19-14(23-15)9-22-13-6-4-12(17)5-7-13/h4-7,10H,8-9,18H2,1-3H3. The normalized spacial score (nSPS) is 12.0. The fraction of sp³-hybridized carbons (Fsp3) is 0.375. The highest BCUT2D eigenvalue weighted by Crippen LogP contribution is 2.23. The molecule has 2 N–H and O–H groups in total. The quantitative estimate of drug-likeness (QED) is 0.866. The Morgan fingerprint density at radius 2 is 2.09 bits per heavy atom. The molecule has 0 spiro atoms. The molecule has 0 aliphatic carbocycles. The maximum absolute atomic E-state index is 12.5. The van der Waals surface area contributed by atoms with E-state index in [-0.39, 0.29) is 11.9 Å². The first-order valence-electron chi connectivity index (χ1n) is 7.24. The molecule has 23 heavy (non-hydrogen) atoms. The number of hydrogen-bond acceptors (Lipinski definition) is 5. The van der Waals surface area contributed by atoms with Gasteiger partial charge in [-0.3, -0.25) is 4.79 Å². The third kappa shape index (κ3) is 4.43. The van der Waals surface area contributed by atoms with Crippen LogP contribution in [0.15, 0.2) is 24.3 Å². The van der Waals surface area contributed by atoms with E-state index in [1.54, 1.807) is 36.2 Å². The lowest BCUT2D eigenvalue weighted by Crippen LogP contribution is -2.39. The van der Waals surface area contributed by atoms with Gasteiger partial charge in [-0.2, -0.15) is 0 Å².